The lowest BCUT2D eigenvalue weighted by Gasteiger charge is -2.14. The summed E-state index contributed by atoms with van der Waals surface area (Å²) in [4.78, 5) is 0. The van der Waals surface area contributed by atoms with E-state index in [0.29, 0.717) is 5.75 Å². The topological polar surface area (TPSA) is 53.1 Å². The van der Waals surface area contributed by atoms with Gasteiger partial charge in [0, 0.05) is 7.05 Å². The summed E-state index contributed by atoms with van der Waals surface area (Å²) < 4.78 is 45.8. The molecule has 1 aromatic heterocycles. The van der Waals surface area contributed by atoms with Crippen molar-refractivity contribution in [3.05, 3.63) is 41.7 Å². The Bertz CT molecular complexity index is 593. The third-order valence-corrected chi connectivity index (χ3v) is 2.72. The molecule has 0 aliphatic rings. The van der Waals surface area contributed by atoms with E-state index in [1.165, 1.54) is 23.0 Å². The third kappa shape index (κ3) is 3.30. The first-order chi connectivity index (χ1) is 9.40. The van der Waals surface area contributed by atoms with E-state index in [2.05, 4.69) is 5.10 Å². The van der Waals surface area contributed by atoms with Crippen LogP contribution in [0.1, 0.15) is 11.1 Å². The standard InChI is InChI=1S/C13H14F3N3O/c1-19-8-11(7-18-19)20-10-3-2-9(4-5-17)12(6-10)13(14,15)16/h2-3,6-8H,4-5,17H2,1H3. The molecule has 20 heavy (non-hydrogen) atoms. The van der Waals surface area contributed by atoms with Crippen LogP contribution >= 0.6 is 0 Å². The van der Waals surface area contributed by atoms with Crippen LogP contribution in [0.3, 0.4) is 0 Å². The summed E-state index contributed by atoms with van der Waals surface area (Å²) in [6.07, 6.45) is -1.26. The third-order valence-electron chi connectivity index (χ3n) is 2.72. The van der Waals surface area contributed by atoms with Crippen LogP contribution in [0.5, 0.6) is 11.5 Å². The van der Waals surface area contributed by atoms with Gasteiger partial charge in [-0.05, 0) is 30.7 Å². The molecular formula is C13H14F3N3O. The van der Waals surface area contributed by atoms with Crippen LogP contribution in [0, 0.1) is 0 Å². The Balaban J connectivity index is 2.31. The highest BCUT2D eigenvalue weighted by Gasteiger charge is 2.33. The van der Waals surface area contributed by atoms with Crippen LogP contribution in [0.2, 0.25) is 0 Å². The first kappa shape index (κ1) is 14.4. The van der Waals surface area contributed by atoms with E-state index in [1.54, 1.807) is 13.2 Å². The second-order valence-corrected chi connectivity index (χ2v) is 4.31. The molecule has 0 saturated heterocycles. The predicted octanol–water partition coefficient (Wildman–Crippen LogP) is 2.73. The summed E-state index contributed by atoms with van der Waals surface area (Å²) in [5.41, 5.74) is 4.77. The Kier molecular flexibility index (Phi) is 3.99. The van der Waals surface area contributed by atoms with Crippen molar-refractivity contribution in [1.82, 2.24) is 9.78 Å². The molecule has 2 N–H and O–H groups in total. The lowest BCUT2D eigenvalue weighted by atomic mass is 10.0. The van der Waals surface area contributed by atoms with Crippen molar-refractivity contribution in [3.8, 4) is 11.5 Å². The van der Waals surface area contributed by atoms with Gasteiger partial charge in [-0.25, -0.2) is 0 Å². The Morgan fingerprint density at radius 1 is 1.30 bits per heavy atom. The molecule has 1 aromatic carbocycles. The number of hydrogen-bond donors (Lipinski definition) is 1. The molecule has 0 atom stereocenters. The molecular weight excluding hydrogens is 271 g/mol. The van der Waals surface area contributed by atoms with Crippen molar-refractivity contribution < 1.29 is 17.9 Å². The molecule has 0 amide bonds. The molecule has 2 rings (SSSR count). The minimum Gasteiger partial charge on any atom is -0.454 e. The molecule has 0 radical (unpaired) electrons. The number of rotatable bonds is 4. The van der Waals surface area contributed by atoms with E-state index < -0.39 is 11.7 Å². The number of halogens is 3. The van der Waals surface area contributed by atoms with Crippen LogP contribution in [-0.4, -0.2) is 16.3 Å². The van der Waals surface area contributed by atoms with E-state index in [9.17, 15) is 13.2 Å². The lowest BCUT2D eigenvalue weighted by Crippen LogP contribution is -2.12. The van der Waals surface area contributed by atoms with Crippen molar-refractivity contribution in [2.24, 2.45) is 12.8 Å². The minimum absolute atomic E-state index is 0.117. The molecule has 2 aromatic rings. The molecule has 4 nitrogen and oxygen atoms in total. The number of ether oxygens (including phenoxy) is 1. The molecule has 108 valence electrons. The average molecular weight is 285 g/mol. The van der Waals surface area contributed by atoms with Gasteiger partial charge in [0.05, 0.1) is 18.0 Å². The molecule has 7 heteroatoms. The number of nitrogens with two attached hydrogens (primary N) is 1. The minimum atomic E-state index is -4.43. The molecule has 0 aliphatic heterocycles. The molecule has 0 spiro atoms. The van der Waals surface area contributed by atoms with Gasteiger partial charge in [0.15, 0.2) is 5.75 Å². The van der Waals surface area contributed by atoms with E-state index in [1.807, 2.05) is 0 Å². The summed E-state index contributed by atoms with van der Waals surface area (Å²) in [7, 11) is 1.69. The van der Waals surface area contributed by atoms with Crippen molar-refractivity contribution >= 4 is 0 Å². The smallest absolute Gasteiger partial charge is 0.416 e. The summed E-state index contributed by atoms with van der Waals surface area (Å²) in [6.45, 7) is 0.159. The second-order valence-electron chi connectivity index (χ2n) is 4.31. The van der Waals surface area contributed by atoms with E-state index in [0.717, 1.165) is 6.07 Å². The maximum atomic E-state index is 13.0. The first-order valence-corrected chi connectivity index (χ1v) is 5.97. The van der Waals surface area contributed by atoms with Gasteiger partial charge in [0.25, 0.3) is 0 Å². The normalized spacial score (nSPS) is 11.7. The van der Waals surface area contributed by atoms with Gasteiger partial charge in [-0.3, -0.25) is 4.68 Å². The zero-order chi connectivity index (χ0) is 14.8. The summed E-state index contributed by atoms with van der Waals surface area (Å²) in [5.74, 6) is 0.498. The van der Waals surface area contributed by atoms with Crippen LogP contribution in [-0.2, 0) is 19.6 Å². The monoisotopic (exact) mass is 285 g/mol. The molecule has 0 aliphatic carbocycles. The van der Waals surface area contributed by atoms with Crippen molar-refractivity contribution in [3.63, 3.8) is 0 Å². The fourth-order valence-electron chi connectivity index (χ4n) is 1.84. The van der Waals surface area contributed by atoms with E-state index in [-0.39, 0.29) is 24.3 Å². The van der Waals surface area contributed by atoms with Crippen LogP contribution in [0.15, 0.2) is 30.6 Å². The summed E-state index contributed by atoms with van der Waals surface area (Å²) >= 11 is 0. The quantitative estimate of drug-likeness (QED) is 0.939. The molecule has 0 saturated carbocycles. The fourth-order valence-corrected chi connectivity index (χ4v) is 1.84. The molecule has 0 fully saturated rings. The Labute approximate surface area is 114 Å². The van der Waals surface area contributed by atoms with E-state index >= 15 is 0 Å². The summed E-state index contributed by atoms with van der Waals surface area (Å²) in [6, 6.07) is 3.87. The molecule has 0 bridgehead atoms. The van der Waals surface area contributed by atoms with Gasteiger partial charge in [-0.15, -0.1) is 0 Å². The predicted molar refractivity (Wildman–Crippen MR) is 67.5 cm³/mol. The van der Waals surface area contributed by atoms with Crippen LogP contribution < -0.4 is 10.5 Å². The highest BCUT2D eigenvalue weighted by molar-refractivity contribution is 5.39. The van der Waals surface area contributed by atoms with Gasteiger partial charge in [0.2, 0.25) is 0 Å². The van der Waals surface area contributed by atoms with Gasteiger partial charge < -0.3 is 10.5 Å². The molecule has 1 heterocycles. The number of benzene rings is 1. The maximum Gasteiger partial charge on any atom is 0.416 e. The Hall–Kier alpha value is -2.02. The number of alkyl halides is 3. The fraction of sp³-hybridized carbons (Fsp3) is 0.308. The highest BCUT2D eigenvalue weighted by Crippen LogP contribution is 2.35. The van der Waals surface area contributed by atoms with Gasteiger partial charge >= 0.3 is 6.18 Å². The zero-order valence-electron chi connectivity index (χ0n) is 10.8. The lowest BCUT2D eigenvalue weighted by molar-refractivity contribution is -0.138. The van der Waals surface area contributed by atoms with E-state index in [4.69, 9.17) is 10.5 Å². The highest BCUT2D eigenvalue weighted by atomic mass is 19.4. The number of aryl methyl sites for hydroxylation is 1. The number of hydrogen-bond acceptors (Lipinski definition) is 3. The van der Waals surface area contributed by atoms with Crippen molar-refractivity contribution in [2.45, 2.75) is 12.6 Å². The van der Waals surface area contributed by atoms with Crippen molar-refractivity contribution in [2.75, 3.05) is 6.54 Å². The van der Waals surface area contributed by atoms with Crippen molar-refractivity contribution in [1.29, 1.82) is 0 Å². The Morgan fingerprint density at radius 3 is 2.60 bits per heavy atom. The second kappa shape index (κ2) is 5.54. The largest absolute Gasteiger partial charge is 0.454 e. The molecule has 0 unspecified atom stereocenters. The van der Waals surface area contributed by atoms with Gasteiger partial charge in [-0.1, -0.05) is 6.07 Å². The zero-order valence-corrected chi connectivity index (χ0v) is 10.8. The van der Waals surface area contributed by atoms with Crippen LogP contribution in [0.4, 0.5) is 13.2 Å². The maximum absolute atomic E-state index is 13.0. The van der Waals surface area contributed by atoms with Crippen LogP contribution in [0.25, 0.3) is 0 Å². The average Bonchev–Trinajstić information content (AvgIpc) is 2.76. The SMILES string of the molecule is Cn1cc(Oc2ccc(CCN)c(C(F)(F)F)c2)cn1. The van der Waals surface area contributed by atoms with Gasteiger partial charge in [0.1, 0.15) is 5.75 Å². The summed E-state index contributed by atoms with van der Waals surface area (Å²) in [5, 5.41) is 3.88. The Morgan fingerprint density at radius 2 is 2.05 bits per heavy atom. The first-order valence-electron chi connectivity index (χ1n) is 5.97. The number of aromatic nitrogens is 2. The van der Waals surface area contributed by atoms with Gasteiger partial charge in [-0.2, -0.15) is 18.3 Å². The number of nitrogens with zero attached hydrogens (tertiary/aromatic N) is 2.